The van der Waals surface area contributed by atoms with Gasteiger partial charge in [-0.05, 0) is 29.2 Å². The number of nitrogens with one attached hydrogen (secondary N) is 1. The van der Waals surface area contributed by atoms with Gasteiger partial charge in [0.1, 0.15) is 5.82 Å². The van der Waals surface area contributed by atoms with Gasteiger partial charge >= 0.3 is 0 Å². The Bertz CT molecular complexity index is 905. The number of rotatable bonds is 6. The summed E-state index contributed by atoms with van der Waals surface area (Å²) in [6, 6.07) is 16.6. The monoisotopic (exact) mass is 412 g/mol. The van der Waals surface area contributed by atoms with Gasteiger partial charge in [0.05, 0.1) is 16.2 Å². The summed E-state index contributed by atoms with van der Waals surface area (Å²) in [5.41, 5.74) is 2.56. The molecule has 1 fully saturated rings. The molecule has 2 atom stereocenters. The maximum Gasteiger partial charge on any atom is 0.144 e. The van der Waals surface area contributed by atoms with Crippen LogP contribution in [0.1, 0.15) is 17.0 Å². The molecule has 0 radical (unpaired) electrons. The Morgan fingerprint density at radius 1 is 1.00 bits per heavy atom. The van der Waals surface area contributed by atoms with Crippen molar-refractivity contribution in [1.82, 2.24) is 14.9 Å². The van der Waals surface area contributed by atoms with E-state index in [1.807, 2.05) is 12.1 Å². The van der Waals surface area contributed by atoms with Crippen molar-refractivity contribution >= 4 is 29.0 Å². The second kappa shape index (κ2) is 8.91. The molecule has 2 aromatic carbocycles. The first-order chi connectivity index (χ1) is 13.7. The maximum atomic E-state index is 6.30. The van der Waals surface area contributed by atoms with Crippen LogP contribution in [0.25, 0.3) is 0 Å². The van der Waals surface area contributed by atoms with Crippen LogP contribution in [0, 0.1) is 5.92 Å². The number of hydrogen-bond donors (Lipinski definition) is 1. The van der Waals surface area contributed by atoms with Crippen molar-refractivity contribution in [3.8, 4) is 0 Å². The number of benzene rings is 2. The Morgan fingerprint density at radius 3 is 2.61 bits per heavy atom. The predicted octanol–water partition coefficient (Wildman–Crippen LogP) is 5.11. The Morgan fingerprint density at radius 2 is 1.86 bits per heavy atom. The summed E-state index contributed by atoms with van der Waals surface area (Å²) in [5.74, 6) is 1.61. The molecule has 4 nitrogen and oxygen atoms in total. The molecule has 6 heteroatoms. The smallest absolute Gasteiger partial charge is 0.144 e. The van der Waals surface area contributed by atoms with Crippen LogP contribution in [0.5, 0.6) is 0 Å². The summed E-state index contributed by atoms with van der Waals surface area (Å²) in [6.45, 7) is 3.77. The van der Waals surface area contributed by atoms with E-state index in [0.717, 1.165) is 32.0 Å². The van der Waals surface area contributed by atoms with Gasteiger partial charge in [-0.2, -0.15) is 0 Å². The van der Waals surface area contributed by atoms with Crippen molar-refractivity contribution in [2.24, 2.45) is 5.92 Å². The molecule has 1 aliphatic heterocycles. The van der Waals surface area contributed by atoms with Crippen molar-refractivity contribution in [3.63, 3.8) is 0 Å². The van der Waals surface area contributed by atoms with Gasteiger partial charge in [-0.1, -0.05) is 59.6 Å². The van der Waals surface area contributed by atoms with E-state index in [1.54, 1.807) is 18.6 Å². The standard InChI is InChI=1S/C22H22Cl2N4/c23-20-7-6-17(10-21(20)24)19-15-28(13-16-4-2-1-3-5-16)14-18(19)11-27-22-12-25-8-9-26-22/h1-10,12,18-19H,11,13-15H2,(H,26,27). The molecule has 3 aromatic rings. The van der Waals surface area contributed by atoms with Crippen molar-refractivity contribution in [2.45, 2.75) is 12.5 Å². The third-order valence-electron chi connectivity index (χ3n) is 5.25. The molecule has 1 saturated heterocycles. The summed E-state index contributed by atoms with van der Waals surface area (Å²) in [4.78, 5) is 11.0. The molecular weight excluding hydrogens is 391 g/mol. The molecule has 1 aromatic heterocycles. The zero-order chi connectivity index (χ0) is 19.3. The van der Waals surface area contributed by atoms with E-state index in [0.29, 0.717) is 21.9 Å². The van der Waals surface area contributed by atoms with Crippen LogP contribution in [0.4, 0.5) is 5.82 Å². The van der Waals surface area contributed by atoms with Gasteiger partial charge in [-0.25, -0.2) is 4.98 Å². The molecule has 4 rings (SSSR count). The number of nitrogens with zero attached hydrogens (tertiary/aromatic N) is 3. The average molecular weight is 413 g/mol. The van der Waals surface area contributed by atoms with Crippen LogP contribution in [0.2, 0.25) is 10.0 Å². The Kier molecular flexibility index (Phi) is 6.10. The first-order valence-electron chi connectivity index (χ1n) is 9.40. The van der Waals surface area contributed by atoms with E-state index >= 15 is 0 Å². The fourth-order valence-corrected chi connectivity index (χ4v) is 4.19. The molecule has 0 bridgehead atoms. The van der Waals surface area contributed by atoms with Crippen LogP contribution in [-0.2, 0) is 6.54 Å². The van der Waals surface area contributed by atoms with Crippen LogP contribution in [0.15, 0.2) is 67.1 Å². The van der Waals surface area contributed by atoms with E-state index in [-0.39, 0.29) is 0 Å². The summed E-state index contributed by atoms with van der Waals surface area (Å²) in [7, 11) is 0. The molecule has 0 aliphatic carbocycles. The second-order valence-electron chi connectivity index (χ2n) is 7.19. The number of halogens is 2. The Hall–Kier alpha value is -2.14. The van der Waals surface area contributed by atoms with E-state index < -0.39 is 0 Å². The number of hydrogen-bond acceptors (Lipinski definition) is 4. The second-order valence-corrected chi connectivity index (χ2v) is 8.01. The van der Waals surface area contributed by atoms with Gasteiger partial charge < -0.3 is 5.32 Å². The zero-order valence-electron chi connectivity index (χ0n) is 15.4. The Labute approximate surface area is 175 Å². The van der Waals surface area contributed by atoms with E-state index in [4.69, 9.17) is 23.2 Å². The first-order valence-corrected chi connectivity index (χ1v) is 10.2. The van der Waals surface area contributed by atoms with Crippen LogP contribution < -0.4 is 5.32 Å². The van der Waals surface area contributed by atoms with Gasteiger partial charge in [0.25, 0.3) is 0 Å². The molecule has 0 amide bonds. The van der Waals surface area contributed by atoms with Gasteiger partial charge in [0, 0.05) is 44.5 Å². The summed E-state index contributed by atoms with van der Waals surface area (Å²) in [6.07, 6.45) is 5.14. The molecule has 1 N–H and O–H groups in total. The van der Waals surface area contributed by atoms with Gasteiger partial charge in [0.2, 0.25) is 0 Å². The van der Waals surface area contributed by atoms with E-state index in [9.17, 15) is 0 Å². The topological polar surface area (TPSA) is 41.0 Å². The van der Waals surface area contributed by atoms with Crippen LogP contribution >= 0.6 is 23.2 Å². The lowest BCUT2D eigenvalue weighted by Crippen LogP contribution is -2.23. The highest BCUT2D eigenvalue weighted by Gasteiger charge is 2.34. The predicted molar refractivity (Wildman–Crippen MR) is 115 cm³/mol. The third-order valence-corrected chi connectivity index (χ3v) is 5.99. The molecule has 2 unspecified atom stereocenters. The quantitative estimate of drug-likeness (QED) is 0.610. The molecule has 0 saturated carbocycles. The lowest BCUT2D eigenvalue weighted by atomic mass is 9.89. The van der Waals surface area contributed by atoms with Gasteiger partial charge in [0.15, 0.2) is 0 Å². The minimum absolute atomic E-state index is 0.377. The summed E-state index contributed by atoms with van der Waals surface area (Å²) >= 11 is 12.4. The lowest BCUT2D eigenvalue weighted by molar-refractivity contribution is 0.317. The highest BCUT2D eigenvalue weighted by Crippen LogP contribution is 2.36. The van der Waals surface area contributed by atoms with Gasteiger partial charge in [-0.15, -0.1) is 0 Å². The maximum absolute atomic E-state index is 6.30. The van der Waals surface area contributed by atoms with E-state index in [1.165, 1.54) is 11.1 Å². The van der Waals surface area contributed by atoms with Crippen molar-refractivity contribution in [1.29, 1.82) is 0 Å². The SMILES string of the molecule is Clc1ccc(C2CN(Cc3ccccc3)CC2CNc2cnccn2)cc1Cl. The van der Waals surface area contributed by atoms with Gasteiger partial charge in [-0.3, -0.25) is 9.88 Å². The fraction of sp³-hybridized carbons (Fsp3) is 0.273. The fourth-order valence-electron chi connectivity index (χ4n) is 3.88. The van der Waals surface area contributed by atoms with Crippen LogP contribution in [0.3, 0.4) is 0 Å². The molecule has 2 heterocycles. The van der Waals surface area contributed by atoms with Crippen molar-refractivity contribution in [3.05, 3.63) is 88.3 Å². The number of likely N-dealkylation sites (tertiary alicyclic amines) is 1. The van der Waals surface area contributed by atoms with Crippen molar-refractivity contribution in [2.75, 3.05) is 25.0 Å². The molecular formula is C22H22Cl2N4. The van der Waals surface area contributed by atoms with Crippen LogP contribution in [-0.4, -0.2) is 34.5 Å². The lowest BCUT2D eigenvalue weighted by Gasteiger charge is -2.20. The minimum Gasteiger partial charge on any atom is -0.368 e. The average Bonchev–Trinajstić information content (AvgIpc) is 3.12. The highest BCUT2D eigenvalue weighted by atomic mass is 35.5. The summed E-state index contributed by atoms with van der Waals surface area (Å²) < 4.78 is 0. The van der Waals surface area contributed by atoms with E-state index in [2.05, 4.69) is 56.6 Å². The summed E-state index contributed by atoms with van der Waals surface area (Å²) in [5, 5.41) is 4.65. The molecule has 144 valence electrons. The molecule has 28 heavy (non-hydrogen) atoms. The number of anilines is 1. The third kappa shape index (κ3) is 4.64. The van der Waals surface area contributed by atoms with Crippen molar-refractivity contribution < 1.29 is 0 Å². The zero-order valence-corrected chi connectivity index (χ0v) is 16.9. The largest absolute Gasteiger partial charge is 0.368 e. The highest BCUT2D eigenvalue weighted by molar-refractivity contribution is 6.42. The molecule has 1 aliphatic rings. The normalized spacial score (nSPS) is 19.6. The molecule has 0 spiro atoms. The number of aromatic nitrogens is 2. The first kappa shape index (κ1) is 19.2. The Balaban J connectivity index is 1.51. The minimum atomic E-state index is 0.377.